The van der Waals surface area contributed by atoms with Crippen molar-refractivity contribution in [2.45, 2.75) is 32.4 Å². The third-order valence-electron chi connectivity index (χ3n) is 5.88. The zero-order chi connectivity index (χ0) is 22.5. The zero-order valence-corrected chi connectivity index (χ0v) is 18.8. The van der Waals surface area contributed by atoms with Crippen LogP contribution in [-0.4, -0.2) is 47.7 Å². The lowest BCUT2D eigenvalue weighted by molar-refractivity contribution is -0.134. The second-order valence-electron chi connectivity index (χ2n) is 7.90. The molecule has 0 N–H and O–H groups in total. The number of rotatable bonds is 8. The summed E-state index contributed by atoms with van der Waals surface area (Å²) < 4.78 is 18.3. The monoisotopic (exact) mass is 435 g/mol. The highest BCUT2D eigenvalue weighted by atomic mass is 16.5. The number of imidazole rings is 1. The normalized spacial score (nSPS) is 15.6. The number of methoxy groups -OCH3 is 2. The van der Waals surface area contributed by atoms with Gasteiger partial charge in [-0.2, -0.15) is 0 Å². The molecule has 1 atom stereocenters. The summed E-state index contributed by atoms with van der Waals surface area (Å²) in [6, 6.07) is 15.2. The number of amides is 1. The number of hydrogen-bond acceptors (Lipinski definition) is 5. The number of carbonyl (C=O) groups is 1. The number of carbonyl (C=O) groups excluding carboxylic acids is 1. The molecule has 168 valence electrons. The fraction of sp³-hybridized carbons (Fsp3) is 0.360. The minimum absolute atomic E-state index is 0.000991. The SMILES string of the molecule is COc1ccc(Cn2c(C)cnc2C2CCCN2C(=O)COc2ccc(OC)cc2)cc1. The van der Waals surface area contributed by atoms with Gasteiger partial charge in [-0.15, -0.1) is 0 Å². The summed E-state index contributed by atoms with van der Waals surface area (Å²) in [5, 5.41) is 0. The first-order valence-electron chi connectivity index (χ1n) is 10.8. The van der Waals surface area contributed by atoms with Crippen LogP contribution in [-0.2, 0) is 11.3 Å². The van der Waals surface area contributed by atoms with Crippen LogP contribution in [0.2, 0.25) is 0 Å². The Morgan fingerprint density at radius 2 is 1.62 bits per heavy atom. The van der Waals surface area contributed by atoms with Crippen LogP contribution in [0.3, 0.4) is 0 Å². The molecule has 1 unspecified atom stereocenters. The molecule has 1 amide bonds. The molecule has 0 radical (unpaired) electrons. The maximum absolute atomic E-state index is 13.0. The first-order valence-corrected chi connectivity index (χ1v) is 10.8. The average Bonchev–Trinajstić information content (AvgIpc) is 3.45. The molecule has 32 heavy (non-hydrogen) atoms. The van der Waals surface area contributed by atoms with E-state index in [1.807, 2.05) is 42.3 Å². The number of benzene rings is 2. The Kier molecular flexibility index (Phi) is 6.63. The van der Waals surface area contributed by atoms with E-state index >= 15 is 0 Å². The van der Waals surface area contributed by atoms with Gasteiger partial charge in [0, 0.05) is 25.0 Å². The fourth-order valence-electron chi connectivity index (χ4n) is 4.10. The van der Waals surface area contributed by atoms with E-state index in [1.165, 1.54) is 0 Å². The molecule has 4 rings (SSSR count). The van der Waals surface area contributed by atoms with Gasteiger partial charge in [0.25, 0.3) is 5.91 Å². The zero-order valence-electron chi connectivity index (χ0n) is 18.8. The Hall–Kier alpha value is -3.48. The van der Waals surface area contributed by atoms with E-state index in [0.717, 1.165) is 41.4 Å². The summed E-state index contributed by atoms with van der Waals surface area (Å²) in [4.78, 5) is 19.6. The summed E-state index contributed by atoms with van der Waals surface area (Å²) in [6.07, 6.45) is 3.73. The third kappa shape index (κ3) is 4.72. The van der Waals surface area contributed by atoms with E-state index in [2.05, 4.69) is 21.7 Å². The molecule has 7 heteroatoms. The van der Waals surface area contributed by atoms with Gasteiger partial charge in [0.2, 0.25) is 0 Å². The molecule has 1 saturated heterocycles. The first kappa shape index (κ1) is 21.7. The van der Waals surface area contributed by atoms with Crippen molar-refractivity contribution in [3.05, 3.63) is 71.8 Å². The number of hydrogen-bond donors (Lipinski definition) is 0. The van der Waals surface area contributed by atoms with E-state index in [9.17, 15) is 4.79 Å². The van der Waals surface area contributed by atoms with Crippen molar-refractivity contribution < 1.29 is 19.0 Å². The summed E-state index contributed by atoms with van der Waals surface area (Å²) >= 11 is 0. The third-order valence-corrected chi connectivity index (χ3v) is 5.88. The second-order valence-corrected chi connectivity index (χ2v) is 7.90. The quantitative estimate of drug-likeness (QED) is 0.535. The van der Waals surface area contributed by atoms with E-state index in [4.69, 9.17) is 14.2 Å². The molecule has 0 spiro atoms. The summed E-state index contributed by atoms with van der Waals surface area (Å²) in [6.45, 7) is 3.46. The Labute approximate surface area is 188 Å². The molecule has 1 aliphatic rings. The van der Waals surface area contributed by atoms with Gasteiger partial charge in [-0.1, -0.05) is 12.1 Å². The van der Waals surface area contributed by atoms with Gasteiger partial charge in [-0.05, 0) is 61.7 Å². The number of ether oxygens (including phenoxy) is 3. The van der Waals surface area contributed by atoms with Crippen LogP contribution in [0.1, 0.15) is 36.0 Å². The molecule has 0 aliphatic carbocycles. The van der Waals surface area contributed by atoms with Gasteiger partial charge < -0.3 is 23.7 Å². The molecule has 0 bridgehead atoms. The Morgan fingerprint density at radius 1 is 1.00 bits per heavy atom. The molecular formula is C25H29N3O4. The van der Waals surface area contributed by atoms with Gasteiger partial charge in [0.05, 0.1) is 20.3 Å². The maximum Gasteiger partial charge on any atom is 0.261 e. The largest absolute Gasteiger partial charge is 0.497 e. The van der Waals surface area contributed by atoms with Crippen molar-refractivity contribution in [2.24, 2.45) is 0 Å². The highest BCUT2D eigenvalue weighted by molar-refractivity contribution is 5.78. The van der Waals surface area contributed by atoms with Gasteiger partial charge in [0.1, 0.15) is 23.1 Å². The van der Waals surface area contributed by atoms with E-state index in [1.54, 1.807) is 26.4 Å². The van der Waals surface area contributed by atoms with E-state index in [-0.39, 0.29) is 18.6 Å². The fourth-order valence-corrected chi connectivity index (χ4v) is 4.10. The van der Waals surface area contributed by atoms with Crippen molar-refractivity contribution in [1.82, 2.24) is 14.5 Å². The molecule has 1 aromatic heterocycles. The van der Waals surface area contributed by atoms with Crippen molar-refractivity contribution >= 4 is 5.91 Å². The summed E-state index contributed by atoms with van der Waals surface area (Å²) in [5.41, 5.74) is 2.23. The van der Waals surface area contributed by atoms with Crippen LogP contribution in [0.15, 0.2) is 54.7 Å². The highest BCUT2D eigenvalue weighted by Gasteiger charge is 2.33. The summed E-state index contributed by atoms with van der Waals surface area (Å²) in [5.74, 6) is 3.13. The molecule has 3 aromatic rings. The Balaban J connectivity index is 1.46. The number of aryl methyl sites for hydroxylation is 1. The minimum atomic E-state index is -0.0473. The highest BCUT2D eigenvalue weighted by Crippen LogP contribution is 2.32. The van der Waals surface area contributed by atoms with Crippen LogP contribution >= 0.6 is 0 Å². The van der Waals surface area contributed by atoms with Crippen LogP contribution in [0.5, 0.6) is 17.2 Å². The van der Waals surface area contributed by atoms with Gasteiger partial charge in [0.15, 0.2) is 6.61 Å². The van der Waals surface area contributed by atoms with Crippen LogP contribution < -0.4 is 14.2 Å². The van der Waals surface area contributed by atoms with Crippen molar-refractivity contribution in [1.29, 1.82) is 0 Å². The van der Waals surface area contributed by atoms with Crippen LogP contribution in [0.4, 0.5) is 0 Å². The predicted octanol–water partition coefficient (Wildman–Crippen LogP) is 4.00. The molecule has 1 fully saturated rings. The van der Waals surface area contributed by atoms with Gasteiger partial charge >= 0.3 is 0 Å². The lowest BCUT2D eigenvalue weighted by Crippen LogP contribution is -2.35. The molecule has 2 heterocycles. The smallest absolute Gasteiger partial charge is 0.261 e. The predicted molar refractivity (Wildman–Crippen MR) is 121 cm³/mol. The van der Waals surface area contributed by atoms with E-state index in [0.29, 0.717) is 18.8 Å². The van der Waals surface area contributed by atoms with Crippen molar-refractivity contribution in [2.75, 3.05) is 27.4 Å². The topological polar surface area (TPSA) is 65.8 Å². The van der Waals surface area contributed by atoms with Crippen LogP contribution in [0, 0.1) is 6.92 Å². The Morgan fingerprint density at radius 3 is 2.28 bits per heavy atom. The first-order chi connectivity index (χ1) is 15.6. The standard InChI is InChI=1S/C25H29N3O4/c1-18-15-26-25(28(18)16-19-6-8-20(30-2)9-7-19)23-5-4-14-27(23)24(29)17-32-22-12-10-21(31-3)11-13-22/h6-13,15,23H,4-5,14,16-17H2,1-3H3. The van der Waals surface area contributed by atoms with Gasteiger partial charge in [-0.3, -0.25) is 4.79 Å². The summed E-state index contributed by atoms with van der Waals surface area (Å²) in [7, 11) is 3.28. The molecule has 2 aromatic carbocycles. The van der Waals surface area contributed by atoms with Crippen molar-refractivity contribution in [3.8, 4) is 17.2 Å². The lowest BCUT2D eigenvalue weighted by atomic mass is 10.1. The number of likely N-dealkylation sites (tertiary alicyclic amines) is 1. The second kappa shape index (κ2) is 9.77. The molecule has 1 aliphatic heterocycles. The number of aromatic nitrogens is 2. The average molecular weight is 436 g/mol. The van der Waals surface area contributed by atoms with Crippen LogP contribution in [0.25, 0.3) is 0 Å². The molecular weight excluding hydrogens is 406 g/mol. The number of nitrogens with zero attached hydrogens (tertiary/aromatic N) is 3. The lowest BCUT2D eigenvalue weighted by Gasteiger charge is -2.25. The Bertz CT molecular complexity index is 1040. The van der Waals surface area contributed by atoms with Crippen molar-refractivity contribution in [3.63, 3.8) is 0 Å². The molecule has 0 saturated carbocycles. The molecule has 7 nitrogen and oxygen atoms in total. The van der Waals surface area contributed by atoms with E-state index < -0.39 is 0 Å². The maximum atomic E-state index is 13.0. The minimum Gasteiger partial charge on any atom is -0.497 e. The van der Waals surface area contributed by atoms with Gasteiger partial charge in [-0.25, -0.2) is 4.98 Å².